The Balaban J connectivity index is 2.15. The van der Waals surface area contributed by atoms with Crippen molar-refractivity contribution in [1.82, 2.24) is 4.90 Å². The average Bonchev–Trinajstić information content (AvgIpc) is 2.46. The molecule has 0 unspecified atom stereocenters. The summed E-state index contributed by atoms with van der Waals surface area (Å²) in [6.45, 7) is 2.78. The molecule has 6 heteroatoms. The number of hydrogen-bond donors (Lipinski definition) is 2. The van der Waals surface area contributed by atoms with Crippen molar-refractivity contribution in [2.75, 3.05) is 38.6 Å². The highest BCUT2D eigenvalue weighted by Gasteiger charge is 2.23. The van der Waals surface area contributed by atoms with Crippen molar-refractivity contribution >= 4 is 11.5 Å². The Bertz CT molecular complexity index is 510. The Labute approximate surface area is 124 Å². The molecule has 1 heterocycles. The number of rotatable bonds is 4. The lowest BCUT2D eigenvalue weighted by Crippen LogP contribution is -2.38. The number of benzene rings is 1. The van der Waals surface area contributed by atoms with Gasteiger partial charge in [0.05, 0.1) is 11.3 Å². The van der Waals surface area contributed by atoms with E-state index in [0.29, 0.717) is 11.6 Å². The normalized spacial score (nSPS) is 17.5. The first-order chi connectivity index (χ1) is 10.0. The van der Waals surface area contributed by atoms with Crippen LogP contribution in [-0.4, -0.2) is 49.7 Å². The van der Waals surface area contributed by atoms with Gasteiger partial charge < -0.3 is 20.7 Å². The third kappa shape index (κ3) is 3.64. The Kier molecular flexibility index (Phi) is 5.01. The van der Waals surface area contributed by atoms with Gasteiger partial charge in [0.1, 0.15) is 5.82 Å². The van der Waals surface area contributed by atoms with Crippen molar-refractivity contribution in [3.63, 3.8) is 0 Å². The molecule has 0 saturated carbocycles. The average molecular weight is 294 g/mol. The first-order valence-electron chi connectivity index (χ1n) is 7.19. The smallest absolute Gasteiger partial charge is 0.175 e. The molecular formula is C15H23FN4O. The van der Waals surface area contributed by atoms with Crippen molar-refractivity contribution in [2.24, 2.45) is 16.8 Å². The molecule has 0 radical (unpaired) electrons. The topological polar surface area (TPSA) is 65.1 Å². The molecule has 1 fully saturated rings. The predicted molar refractivity (Wildman–Crippen MR) is 82.4 cm³/mol. The van der Waals surface area contributed by atoms with E-state index in [1.165, 1.54) is 6.07 Å². The zero-order valence-electron chi connectivity index (χ0n) is 12.6. The van der Waals surface area contributed by atoms with E-state index >= 15 is 0 Å². The van der Waals surface area contributed by atoms with E-state index < -0.39 is 5.82 Å². The second kappa shape index (κ2) is 6.76. The van der Waals surface area contributed by atoms with Crippen LogP contribution >= 0.6 is 0 Å². The van der Waals surface area contributed by atoms with Gasteiger partial charge in [0.15, 0.2) is 5.84 Å². The zero-order chi connectivity index (χ0) is 15.4. The molecule has 2 rings (SSSR count). The number of oxime groups is 1. The van der Waals surface area contributed by atoms with Crippen LogP contribution in [0.4, 0.5) is 10.1 Å². The molecule has 1 aromatic rings. The highest BCUT2D eigenvalue weighted by Crippen LogP contribution is 2.28. The van der Waals surface area contributed by atoms with Crippen LogP contribution in [0, 0.1) is 11.7 Å². The fourth-order valence-electron chi connectivity index (χ4n) is 2.95. The van der Waals surface area contributed by atoms with E-state index in [2.05, 4.69) is 29.1 Å². The molecule has 0 atom stereocenters. The lowest BCUT2D eigenvalue weighted by atomic mass is 9.95. The summed E-state index contributed by atoms with van der Waals surface area (Å²) in [6.07, 6.45) is 2.12. The lowest BCUT2D eigenvalue weighted by Gasteiger charge is -2.35. The number of halogens is 1. The summed E-state index contributed by atoms with van der Waals surface area (Å²) in [6, 6.07) is 4.81. The van der Waals surface area contributed by atoms with E-state index in [0.717, 1.165) is 32.5 Å². The molecule has 1 aromatic carbocycles. The number of anilines is 1. The molecule has 0 spiro atoms. The highest BCUT2D eigenvalue weighted by atomic mass is 19.1. The van der Waals surface area contributed by atoms with Gasteiger partial charge in [-0.1, -0.05) is 11.2 Å². The van der Waals surface area contributed by atoms with Crippen molar-refractivity contribution in [1.29, 1.82) is 0 Å². The second-order valence-electron chi connectivity index (χ2n) is 5.81. The minimum atomic E-state index is -0.460. The zero-order valence-corrected chi connectivity index (χ0v) is 12.6. The molecule has 1 aliphatic heterocycles. The van der Waals surface area contributed by atoms with Gasteiger partial charge in [-0.3, -0.25) is 0 Å². The first kappa shape index (κ1) is 15.6. The van der Waals surface area contributed by atoms with Crippen molar-refractivity contribution in [2.45, 2.75) is 12.8 Å². The number of piperidine rings is 1. The van der Waals surface area contributed by atoms with Crippen molar-refractivity contribution < 1.29 is 9.60 Å². The van der Waals surface area contributed by atoms with E-state index in [9.17, 15) is 4.39 Å². The second-order valence-corrected chi connectivity index (χ2v) is 5.81. The maximum absolute atomic E-state index is 14.0. The SMILES string of the molecule is CN(C)CC1CCN(c2cccc(F)c2C(N)=NO)CC1. The van der Waals surface area contributed by atoms with Crippen LogP contribution in [-0.2, 0) is 0 Å². The van der Waals surface area contributed by atoms with Gasteiger partial charge >= 0.3 is 0 Å². The van der Waals surface area contributed by atoms with Gasteiger partial charge in [0.25, 0.3) is 0 Å². The molecule has 5 nitrogen and oxygen atoms in total. The Hall–Kier alpha value is -1.82. The Morgan fingerprint density at radius 3 is 2.67 bits per heavy atom. The molecule has 0 amide bonds. The van der Waals surface area contributed by atoms with Crippen LogP contribution in [0.5, 0.6) is 0 Å². The maximum atomic E-state index is 14.0. The predicted octanol–water partition coefficient (Wildman–Crippen LogP) is 1.70. The van der Waals surface area contributed by atoms with E-state index in [4.69, 9.17) is 10.9 Å². The minimum Gasteiger partial charge on any atom is -0.409 e. The fourth-order valence-corrected chi connectivity index (χ4v) is 2.95. The molecule has 21 heavy (non-hydrogen) atoms. The van der Waals surface area contributed by atoms with Crippen LogP contribution in [0.2, 0.25) is 0 Å². The summed E-state index contributed by atoms with van der Waals surface area (Å²) < 4.78 is 14.0. The molecule has 0 bridgehead atoms. The van der Waals surface area contributed by atoms with Crippen LogP contribution in [0.1, 0.15) is 18.4 Å². The number of nitrogens with zero attached hydrogens (tertiary/aromatic N) is 3. The van der Waals surface area contributed by atoms with Gasteiger partial charge in [-0.15, -0.1) is 0 Å². The highest BCUT2D eigenvalue weighted by molar-refractivity contribution is 6.02. The van der Waals surface area contributed by atoms with Gasteiger partial charge in [-0.2, -0.15) is 0 Å². The van der Waals surface area contributed by atoms with Crippen LogP contribution in [0.25, 0.3) is 0 Å². The molecular weight excluding hydrogens is 271 g/mol. The third-order valence-corrected chi connectivity index (χ3v) is 3.93. The summed E-state index contributed by atoms with van der Waals surface area (Å²) >= 11 is 0. The number of nitrogens with two attached hydrogens (primary N) is 1. The summed E-state index contributed by atoms with van der Waals surface area (Å²) in [5.74, 6) is 0.0221. The van der Waals surface area contributed by atoms with E-state index in [1.54, 1.807) is 6.07 Å². The van der Waals surface area contributed by atoms with E-state index in [-0.39, 0.29) is 11.4 Å². The molecule has 1 saturated heterocycles. The Morgan fingerprint density at radius 2 is 2.10 bits per heavy atom. The Morgan fingerprint density at radius 1 is 1.43 bits per heavy atom. The van der Waals surface area contributed by atoms with E-state index in [1.807, 2.05) is 6.07 Å². The first-order valence-corrected chi connectivity index (χ1v) is 7.19. The van der Waals surface area contributed by atoms with Gasteiger partial charge in [0, 0.05) is 19.6 Å². The molecule has 0 aromatic heterocycles. The fraction of sp³-hybridized carbons (Fsp3) is 0.533. The van der Waals surface area contributed by atoms with Crippen molar-refractivity contribution in [3.8, 4) is 0 Å². The van der Waals surface area contributed by atoms with Gasteiger partial charge in [-0.05, 0) is 45.0 Å². The molecule has 1 aliphatic rings. The van der Waals surface area contributed by atoms with Crippen LogP contribution < -0.4 is 10.6 Å². The summed E-state index contributed by atoms with van der Waals surface area (Å²) in [5, 5.41) is 11.8. The van der Waals surface area contributed by atoms with Crippen LogP contribution in [0.15, 0.2) is 23.4 Å². The summed E-state index contributed by atoms with van der Waals surface area (Å²) in [4.78, 5) is 4.31. The summed E-state index contributed by atoms with van der Waals surface area (Å²) in [5.41, 5.74) is 6.51. The quantitative estimate of drug-likeness (QED) is 0.384. The van der Waals surface area contributed by atoms with Gasteiger partial charge in [0.2, 0.25) is 0 Å². The molecule has 0 aliphatic carbocycles. The molecule has 3 N–H and O–H groups in total. The summed E-state index contributed by atoms with van der Waals surface area (Å²) in [7, 11) is 4.16. The monoisotopic (exact) mass is 294 g/mol. The number of amidine groups is 1. The third-order valence-electron chi connectivity index (χ3n) is 3.93. The van der Waals surface area contributed by atoms with Crippen LogP contribution in [0.3, 0.4) is 0 Å². The standard InChI is InChI=1S/C15H23FN4O/c1-19(2)10-11-6-8-20(9-7-11)13-5-3-4-12(16)14(13)15(17)18-21/h3-5,11,21H,6-10H2,1-2H3,(H2,17,18). The van der Waals surface area contributed by atoms with Gasteiger partial charge in [-0.25, -0.2) is 4.39 Å². The van der Waals surface area contributed by atoms with Crippen molar-refractivity contribution in [3.05, 3.63) is 29.6 Å². The minimum absolute atomic E-state index is 0.182. The number of hydrogen-bond acceptors (Lipinski definition) is 4. The largest absolute Gasteiger partial charge is 0.409 e. The maximum Gasteiger partial charge on any atom is 0.175 e. The molecule has 116 valence electrons. The lowest BCUT2D eigenvalue weighted by molar-refractivity contribution is 0.285.